The Morgan fingerprint density at radius 2 is 1.81 bits per heavy atom. The van der Waals surface area contributed by atoms with Crippen LogP contribution in [-0.4, -0.2) is 67.2 Å². The first kappa shape index (κ1) is 31.0. The van der Waals surface area contributed by atoms with Crippen molar-refractivity contribution in [3.05, 3.63) is 48.0 Å². The number of hydrogen-bond donors (Lipinski definition) is 1. The molecule has 2 aliphatic rings. The van der Waals surface area contributed by atoms with Crippen LogP contribution in [0.4, 0.5) is 4.39 Å². The Morgan fingerprint density at radius 1 is 1.07 bits per heavy atom. The normalized spacial score (nSPS) is 23.1. The molecule has 0 unspecified atom stereocenters. The standard InChI is InChI=1S/C30H37FN2O9/c1-18-27(42-21-7-4-5-8-21)25(41-22-13-11-20(31)12-14-22)10-6-9-23(30(36)40-18)33-29(35)26-28(39-17-38-19(2)34)24(37-3)15-16-32-26/h11-16,18,21,23,25,27H,4-10,17H2,1-3H3,(H,33,35)/t18-,23-,25-,27-/m0/s1. The highest BCUT2D eigenvalue weighted by Crippen LogP contribution is 2.31. The van der Waals surface area contributed by atoms with Crippen molar-refractivity contribution in [3.63, 3.8) is 0 Å². The predicted molar refractivity (Wildman–Crippen MR) is 147 cm³/mol. The highest BCUT2D eigenvalue weighted by molar-refractivity contribution is 5.98. The van der Waals surface area contributed by atoms with Gasteiger partial charge in [0.2, 0.25) is 6.79 Å². The van der Waals surface area contributed by atoms with Crippen LogP contribution in [0.2, 0.25) is 0 Å². The number of rotatable bonds is 10. The van der Waals surface area contributed by atoms with Gasteiger partial charge >= 0.3 is 11.9 Å². The maximum Gasteiger partial charge on any atom is 0.329 e. The number of methoxy groups -OCH3 is 1. The van der Waals surface area contributed by atoms with Crippen LogP contribution in [0.25, 0.3) is 0 Å². The highest BCUT2D eigenvalue weighted by atomic mass is 19.1. The first-order valence-electron chi connectivity index (χ1n) is 14.1. The molecule has 1 aromatic carbocycles. The summed E-state index contributed by atoms with van der Waals surface area (Å²) in [6.07, 6.45) is 4.83. The Balaban J connectivity index is 1.51. The van der Waals surface area contributed by atoms with E-state index in [4.69, 9.17) is 28.4 Å². The monoisotopic (exact) mass is 588 g/mol. The molecule has 42 heavy (non-hydrogen) atoms. The zero-order valence-corrected chi connectivity index (χ0v) is 24.0. The van der Waals surface area contributed by atoms with Gasteiger partial charge in [-0.1, -0.05) is 12.8 Å². The third-order valence-corrected chi connectivity index (χ3v) is 7.22. The number of carbonyl (C=O) groups is 3. The van der Waals surface area contributed by atoms with E-state index in [0.29, 0.717) is 18.6 Å². The fourth-order valence-corrected chi connectivity index (χ4v) is 5.12. The Morgan fingerprint density at radius 3 is 2.50 bits per heavy atom. The van der Waals surface area contributed by atoms with Gasteiger partial charge in [-0.25, -0.2) is 14.2 Å². The lowest BCUT2D eigenvalue weighted by molar-refractivity contribution is -0.168. The van der Waals surface area contributed by atoms with Crippen molar-refractivity contribution in [2.24, 2.45) is 0 Å². The number of benzene rings is 1. The number of hydrogen-bond acceptors (Lipinski definition) is 10. The van der Waals surface area contributed by atoms with E-state index in [0.717, 1.165) is 25.7 Å². The molecule has 0 radical (unpaired) electrons. The second-order valence-corrected chi connectivity index (χ2v) is 10.3. The van der Waals surface area contributed by atoms with Crippen molar-refractivity contribution in [3.8, 4) is 17.2 Å². The molecular weight excluding hydrogens is 551 g/mol. The van der Waals surface area contributed by atoms with Crippen molar-refractivity contribution in [1.82, 2.24) is 10.3 Å². The van der Waals surface area contributed by atoms with E-state index in [1.165, 1.54) is 38.4 Å². The Labute approximate surface area is 244 Å². The fourth-order valence-electron chi connectivity index (χ4n) is 5.12. The van der Waals surface area contributed by atoms with Crippen LogP contribution in [0.15, 0.2) is 36.5 Å². The number of carbonyl (C=O) groups excluding carboxylic acids is 3. The molecule has 2 aromatic rings. The molecule has 228 valence electrons. The molecule has 1 aliphatic heterocycles. The third kappa shape index (κ3) is 8.31. The zero-order valence-electron chi connectivity index (χ0n) is 24.0. The number of amides is 1. The van der Waals surface area contributed by atoms with Crippen molar-refractivity contribution >= 4 is 17.8 Å². The summed E-state index contributed by atoms with van der Waals surface area (Å²) in [5.41, 5.74) is -0.151. The summed E-state index contributed by atoms with van der Waals surface area (Å²) >= 11 is 0. The Bertz CT molecular complexity index is 1220. The van der Waals surface area contributed by atoms with Crippen molar-refractivity contribution in [2.75, 3.05) is 13.9 Å². The summed E-state index contributed by atoms with van der Waals surface area (Å²) < 4.78 is 47.7. The highest BCUT2D eigenvalue weighted by Gasteiger charge is 2.38. The molecule has 2 fully saturated rings. The molecule has 4 rings (SSSR count). The number of esters is 2. The van der Waals surface area contributed by atoms with Crippen molar-refractivity contribution in [1.29, 1.82) is 0 Å². The van der Waals surface area contributed by atoms with Gasteiger partial charge in [0.15, 0.2) is 17.2 Å². The quantitative estimate of drug-likeness (QED) is 0.319. The minimum absolute atomic E-state index is 0.0243. The van der Waals surface area contributed by atoms with Gasteiger partial charge in [-0.3, -0.25) is 9.59 Å². The van der Waals surface area contributed by atoms with E-state index < -0.39 is 49.0 Å². The summed E-state index contributed by atoms with van der Waals surface area (Å²) in [6.45, 7) is 2.51. The maximum atomic E-state index is 13.5. The largest absolute Gasteiger partial charge is 0.493 e. The fraction of sp³-hybridized carbons (Fsp3) is 0.533. The van der Waals surface area contributed by atoms with E-state index in [1.54, 1.807) is 19.1 Å². The summed E-state index contributed by atoms with van der Waals surface area (Å²) in [5, 5.41) is 2.71. The van der Waals surface area contributed by atoms with Gasteiger partial charge in [-0.15, -0.1) is 0 Å². The van der Waals surface area contributed by atoms with Crippen LogP contribution in [0.5, 0.6) is 17.2 Å². The first-order valence-corrected chi connectivity index (χ1v) is 14.1. The smallest absolute Gasteiger partial charge is 0.329 e. The molecule has 2 heterocycles. The van der Waals surface area contributed by atoms with Crippen LogP contribution >= 0.6 is 0 Å². The molecule has 12 heteroatoms. The lowest BCUT2D eigenvalue weighted by Gasteiger charge is -2.33. The summed E-state index contributed by atoms with van der Waals surface area (Å²) in [4.78, 5) is 41.9. The van der Waals surface area contributed by atoms with Crippen molar-refractivity contribution < 1.29 is 47.2 Å². The molecule has 1 aromatic heterocycles. The van der Waals surface area contributed by atoms with Gasteiger partial charge < -0.3 is 33.7 Å². The second-order valence-electron chi connectivity index (χ2n) is 10.3. The number of aromatic nitrogens is 1. The molecule has 1 saturated heterocycles. The first-order chi connectivity index (χ1) is 20.2. The minimum atomic E-state index is -0.994. The summed E-state index contributed by atoms with van der Waals surface area (Å²) in [7, 11) is 1.39. The summed E-state index contributed by atoms with van der Waals surface area (Å²) in [5.74, 6) is -1.62. The van der Waals surface area contributed by atoms with Gasteiger partial charge in [-0.2, -0.15) is 0 Å². The van der Waals surface area contributed by atoms with E-state index in [9.17, 15) is 18.8 Å². The van der Waals surface area contributed by atoms with Gasteiger partial charge in [0.1, 0.15) is 35.9 Å². The Kier molecular flexibility index (Phi) is 10.9. The number of pyridine rings is 1. The lowest BCUT2D eigenvalue weighted by atomic mass is 10.0. The average molecular weight is 589 g/mol. The van der Waals surface area contributed by atoms with E-state index in [-0.39, 0.29) is 35.5 Å². The minimum Gasteiger partial charge on any atom is -0.493 e. The molecule has 1 amide bonds. The lowest BCUT2D eigenvalue weighted by Crippen LogP contribution is -2.47. The zero-order chi connectivity index (χ0) is 30.1. The number of halogens is 1. The molecular formula is C30H37FN2O9. The molecule has 11 nitrogen and oxygen atoms in total. The molecule has 4 atom stereocenters. The van der Waals surface area contributed by atoms with Gasteiger partial charge in [0.05, 0.1) is 13.2 Å². The average Bonchev–Trinajstić information content (AvgIpc) is 3.49. The van der Waals surface area contributed by atoms with E-state index in [2.05, 4.69) is 10.3 Å². The SMILES string of the molecule is COc1ccnc(C(=O)N[C@H]2CCC[C@H](Oc3ccc(F)cc3)[C@@H](OC3CCCC3)[C@H](C)OC2=O)c1OCOC(C)=O. The topological polar surface area (TPSA) is 132 Å². The van der Waals surface area contributed by atoms with Crippen molar-refractivity contribution in [2.45, 2.75) is 89.3 Å². The predicted octanol–water partition coefficient (Wildman–Crippen LogP) is 4.12. The van der Waals surface area contributed by atoms with Crippen LogP contribution in [0.1, 0.15) is 69.3 Å². The molecule has 1 N–H and O–H groups in total. The molecule has 0 bridgehead atoms. The van der Waals surface area contributed by atoms with E-state index >= 15 is 0 Å². The van der Waals surface area contributed by atoms with Crippen LogP contribution in [0.3, 0.4) is 0 Å². The molecule has 0 spiro atoms. The van der Waals surface area contributed by atoms with Crippen LogP contribution in [-0.2, 0) is 23.8 Å². The third-order valence-electron chi connectivity index (χ3n) is 7.22. The van der Waals surface area contributed by atoms with Crippen LogP contribution < -0.4 is 19.5 Å². The van der Waals surface area contributed by atoms with Gasteiger partial charge in [0.25, 0.3) is 5.91 Å². The number of nitrogens with one attached hydrogen (secondary N) is 1. The summed E-state index contributed by atoms with van der Waals surface area (Å²) in [6, 6.07) is 6.24. The van der Waals surface area contributed by atoms with Gasteiger partial charge in [-0.05, 0) is 63.3 Å². The maximum absolute atomic E-state index is 13.5. The number of ether oxygens (including phenoxy) is 6. The van der Waals surface area contributed by atoms with E-state index in [1.807, 2.05) is 0 Å². The number of nitrogens with zero attached hydrogens (tertiary/aromatic N) is 1. The second kappa shape index (κ2) is 14.8. The van der Waals surface area contributed by atoms with Gasteiger partial charge in [0, 0.05) is 19.2 Å². The molecule has 1 aliphatic carbocycles. The van der Waals surface area contributed by atoms with Crippen LogP contribution in [0, 0.1) is 5.82 Å². The Hall–Kier alpha value is -3.93. The number of cyclic esters (lactones) is 1. The molecule has 1 saturated carbocycles.